The van der Waals surface area contributed by atoms with Crippen molar-refractivity contribution < 1.29 is 4.74 Å². The molecule has 0 spiro atoms. The summed E-state index contributed by atoms with van der Waals surface area (Å²) in [5.41, 5.74) is 6.74. The highest BCUT2D eigenvalue weighted by molar-refractivity contribution is 5.39. The molecule has 0 bridgehead atoms. The van der Waals surface area contributed by atoms with E-state index < -0.39 is 0 Å². The number of nitrogens with one attached hydrogen (secondary N) is 1. The molecule has 1 atom stereocenters. The average molecular weight is 283 g/mol. The first-order valence-electron chi connectivity index (χ1n) is 7.45. The third-order valence-electron chi connectivity index (χ3n) is 3.94. The fraction of sp³-hybridized carbons (Fsp3) is 0.368. The SMILES string of the molecule is COc1ccc(CNC(C)c2c(C)cc(C)cc2C)cc1. The van der Waals surface area contributed by atoms with Gasteiger partial charge in [0, 0.05) is 12.6 Å². The Morgan fingerprint density at radius 2 is 1.57 bits per heavy atom. The van der Waals surface area contributed by atoms with Crippen molar-refractivity contribution >= 4 is 0 Å². The summed E-state index contributed by atoms with van der Waals surface area (Å²) >= 11 is 0. The molecule has 0 saturated carbocycles. The number of hydrogen-bond donors (Lipinski definition) is 1. The number of hydrogen-bond acceptors (Lipinski definition) is 2. The van der Waals surface area contributed by atoms with E-state index in [1.165, 1.54) is 27.8 Å². The molecule has 0 amide bonds. The monoisotopic (exact) mass is 283 g/mol. The van der Waals surface area contributed by atoms with Crippen molar-refractivity contribution in [1.82, 2.24) is 5.32 Å². The maximum atomic E-state index is 5.19. The lowest BCUT2D eigenvalue weighted by Crippen LogP contribution is -2.20. The summed E-state index contributed by atoms with van der Waals surface area (Å²) in [6.45, 7) is 9.63. The summed E-state index contributed by atoms with van der Waals surface area (Å²) in [5, 5.41) is 3.61. The summed E-state index contributed by atoms with van der Waals surface area (Å²) in [6, 6.07) is 13.1. The van der Waals surface area contributed by atoms with Gasteiger partial charge in [-0.1, -0.05) is 29.8 Å². The van der Waals surface area contributed by atoms with Gasteiger partial charge in [0.05, 0.1) is 7.11 Å². The minimum Gasteiger partial charge on any atom is -0.497 e. The Morgan fingerprint density at radius 1 is 1.00 bits per heavy atom. The third kappa shape index (κ3) is 3.85. The first-order chi connectivity index (χ1) is 10.0. The van der Waals surface area contributed by atoms with Gasteiger partial charge in [0.15, 0.2) is 0 Å². The molecule has 0 aliphatic carbocycles. The van der Waals surface area contributed by atoms with E-state index in [1.54, 1.807) is 7.11 Å². The molecule has 0 saturated heterocycles. The largest absolute Gasteiger partial charge is 0.497 e. The van der Waals surface area contributed by atoms with Crippen molar-refractivity contribution in [2.75, 3.05) is 7.11 Å². The Morgan fingerprint density at radius 3 is 2.10 bits per heavy atom. The van der Waals surface area contributed by atoms with Gasteiger partial charge in [-0.15, -0.1) is 0 Å². The molecule has 2 nitrogen and oxygen atoms in total. The van der Waals surface area contributed by atoms with E-state index in [-0.39, 0.29) is 0 Å². The van der Waals surface area contributed by atoms with Gasteiger partial charge in [-0.25, -0.2) is 0 Å². The first-order valence-corrected chi connectivity index (χ1v) is 7.45. The summed E-state index contributed by atoms with van der Waals surface area (Å²) in [4.78, 5) is 0. The van der Waals surface area contributed by atoms with Crippen LogP contribution in [0.2, 0.25) is 0 Å². The van der Waals surface area contributed by atoms with E-state index in [0.717, 1.165) is 12.3 Å². The maximum absolute atomic E-state index is 5.19. The number of aryl methyl sites for hydroxylation is 3. The number of benzene rings is 2. The fourth-order valence-electron chi connectivity index (χ4n) is 2.99. The molecule has 112 valence electrons. The zero-order valence-electron chi connectivity index (χ0n) is 13.7. The van der Waals surface area contributed by atoms with E-state index in [4.69, 9.17) is 4.74 Å². The molecule has 0 aliphatic heterocycles. The summed E-state index contributed by atoms with van der Waals surface area (Å²) in [5.74, 6) is 0.900. The second-order valence-electron chi connectivity index (χ2n) is 5.76. The van der Waals surface area contributed by atoms with Gasteiger partial charge >= 0.3 is 0 Å². The maximum Gasteiger partial charge on any atom is 0.118 e. The second kappa shape index (κ2) is 6.77. The Bertz CT molecular complexity index is 578. The third-order valence-corrected chi connectivity index (χ3v) is 3.94. The van der Waals surface area contributed by atoms with Gasteiger partial charge < -0.3 is 10.1 Å². The van der Waals surface area contributed by atoms with Crippen molar-refractivity contribution in [3.63, 3.8) is 0 Å². The first kappa shape index (κ1) is 15.6. The standard InChI is InChI=1S/C19H25NO/c1-13-10-14(2)19(15(3)11-13)16(4)20-12-17-6-8-18(21-5)9-7-17/h6-11,16,20H,12H2,1-5H3. The fourth-order valence-corrected chi connectivity index (χ4v) is 2.99. The highest BCUT2D eigenvalue weighted by Crippen LogP contribution is 2.23. The van der Waals surface area contributed by atoms with Crippen molar-refractivity contribution in [2.45, 2.75) is 40.3 Å². The van der Waals surface area contributed by atoms with Crippen LogP contribution < -0.4 is 10.1 Å². The predicted octanol–water partition coefficient (Wildman–Crippen LogP) is 4.47. The van der Waals surface area contributed by atoms with Crippen molar-refractivity contribution in [3.05, 3.63) is 64.2 Å². The predicted molar refractivity (Wildman–Crippen MR) is 88.9 cm³/mol. The summed E-state index contributed by atoms with van der Waals surface area (Å²) in [7, 11) is 1.69. The molecule has 2 heteroatoms. The molecule has 2 aromatic rings. The van der Waals surface area contributed by atoms with Crippen LogP contribution in [-0.4, -0.2) is 7.11 Å². The minimum atomic E-state index is 0.340. The molecule has 0 aromatic heterocycles. The second-order valence-corrected chi connectivity index (χ2v) is 5.76. The van der Waals surface area contributed by atoms with Gasteiger partial charge in [-0.3, -0.25) is 0 Å². The van der Waals surface area contributed by atoms with Gasteiger partial charge in [0.1, 0.15) is 5.75 Å². The molecule has 1 N–H and O–H groups in total. The highest BCUT2D eigenvalue weighted by Gasteiger charge is 2.11. The van der Waals surface area contributed by atoms with Gasteiger partial charge in [0.25, 0.3) is 0 Å². The van der Waals surface area contributed by atoms with E-state index >= 15 is 0 Å². The smallest absolute Gasteiger partial charge is 0.118 e. The van der Waals surface area contributed by atoms with Crippen LogP contribution in [0.25, 0.3) is 0 Å². The molecule has 2 rings (SSSR count). The quantitative estimate of drug-likeness (QED) is 0.874. The highest BCUT2D eigenvalue weighted by atomic mass is 16.5. The molecular formula is C19H25NO. The molecule has 0 heterocycles. The Labute approximate surface area is 128 Å². The van der Waals surface area contributed by atoms with Crippen LogP contribution in [0.15, 0.2) is 36.4 Å². The average Bonchev–Trinajstić information content (AvgIpc) is 2.44. The van der Waals surface area contributed by atoms with Crippen molar-refractivity contribution in [1.29, 1.82) is 0 Å². The molecule has 0 fully saturated rings. The lowest BCUT2D eigenvalue weighted by molar-refractivity contribution is 0.414. The normalized spacial score (nSPS) is 12.2. The van der Waals surface area contributed by atoms with E-state index in [0.29, 0.717) is 6.04 Å². The van der Waals surface area contributed by atoms with Crippen LogP contribution >= 0.6 is 0 Å². The molecule has 0 radical (unpaired) electrons. The molecule has 1 unspecified atom stereocenters. The van der Waals surface area contributed by atoms with Gasteiger partial charge in [0.2, 0.25) is 0 Å². The van der Waals surface area contributed by atoms with Crippen LogP contribution in [0, 0.1) is 20.8 Å². The van der Waals surface area contributed by atoms with Crippen LogP contribution in [0.4, 0.5) is 0 Å². The molecule has 21 heavy (non-hydrogen) atoms. The van der Waals surface area contributed by atoms with Crippen LogP contribution in [0.1, 0.15) is 40.8 Å². The van der Waals surface area contributed by atoms with Gasteiger partial charge in [-0.2, -0.15) is 0 Å². The van der Waals surface area contributed by atoms with Crippen molar-refractivity contribution in [2.24, 2.45) is 0 Å². The van der Waals surface area contributed by atoms with Crippen molar-refractivity contribution in [3.8, 4) is 5.75 Å². The zero-order valence-corrected chi connectivity index (χ0v) is 13.7. The number of ether oxygens (including phenoxy) is 1. The van der Waals surface area contributed by atoms with Crippen LogP contribution in [0.3, 0.4) is 0 Å². The Balaban J connectivity index is 2.06. The molecular weight excluding hydrogens is 258 g/mol. The number of rotatable bonds is 5. The minimum absolute atomic E-state index is 0.340. The summed E-state index contributed by atoms with van der Waals surface area (Å²) in [6.07, 6.45) is 0. The lowest BCUT2D eigenvalue weighted by atomic mass is 9.95. The van der Waals surface area contributed by atoms with Crippen LogP contribution in [0.5, 0.6) is 5.75 Å². The lowest BCUT2D eigenvalue weighted by Gasteiger charge is -2.20. The van der Waals surface area contributed by atoms with Gasteiger partial charge in [-0.05, 0) is 62.1 Å². The Hall–Kier alpha value is -1.80. The molecule has 0 aliphatic rings. The van der Waals surface area contributed by atoms with Crippen LogP contribution in [-0.2, 0) is 6.54 Å². The van der Waals surface area contributed by atoms with E-state index in [2.05, 4.69) is 57.3 Å². The molecule has 2 aromatic carbocycles. The Kier molecular flexibility index (Phi) is 5.03. The summed E-state index contributed by atoms with van der Waals surface area (Å²) < 4.78 is 5.19. The van der Waals surface area contributed by atoms with E-state index in [9.17, 15) is 0 Å². The topological polar surface area (TPSA) is 21.3 Å². The zero-order chi connectivity index (χ0) is 15.4. The van der Waals surface area contributed by atoms with E-state index in [1.807, 2.05) is 12.1 Å². The number of methoxy groups -OCH3 is 1.